The van der Waals surface area contributed by atoms with E-state index in [1.54, 1.807) is 4.68 Å². The number of aryl methyl sites for hydroxylation is 2. The van der Waals surface area contributed by atoms with Gasteiger partial charge in [0.05, 0.1) is 11.6 Å². The molecule has 0 spiro atoms. The number of rotatable bonds is 2. The Morgan fingerprint density at radius 3 is 2.55 bits per heavy atom. The number of allylic oxidation sites excluding steroid dienone is 2. The van der Waals surface area contributed by atoms with E-state index in [-0.39, 0.29) is 17.7 Å². The Labute approximate surface area is 130 Å². The monoisotopic (exact) mass is 292 g/mol. The summed E-state index contributed by atoms with van der Waals surface area (Å²) >= 11 is 0. The first-order chi connectivity index (χ1) is 10.6. The van der Waals surface area contributed by atoms with E-state index >= 15 is 0 Å². The fourth-order valence-corrected chi connectivity index (χ4v) is 4.28. The first kappa shape index (κ1) is 13.5. The van der Waals surface area contributed by atoms with E-state index in [0.29, 0.717) is 11.8 Å². The number of nitrogens with zero attached hydrogens (tertiary/aromatic N) is 2. The van der Waals surface area contributed by atoms with Gasteiger partial charge in [0, 0.05) is 11.6 Å². The average Bonchev–Trinajstić information content (AvgIpc) is 3.21. The predicted molar refractivity (Wildman–Crippen MR) is 85.7 cm³/mol. The molecule has 1 saturated carbocycles. The van der Waals surface area contributed by atoms with Crippen LogP contribution in [0.5, 0.6) is 0 Å². The van der Waals surface area contributed by atoms with Gasteiger partial charge >= 0.3 is 0 Å². The summed E-state index contributed by atoms with van der Waals surface area (Å²) in [5, 5.41) is 4.41. The largest absolute Gasteiger partial charge is 0.272 e. The molecule has 0 saturated heterocycles. The number of fused-ring (bicyclic) bond motifs is 2. The number of hydrogen-bond acceptors (Lipinski definition) is 2. The Hall–Kier alpha value is -2.16. The van der Waals surface area contributed by atoms with Crippen LogP contribution in [0.3, 0.4) is 0 Å². The Bertz CT molecular complexity index is 744. The Kier molecular flexibility index (Phi) is 3.03. The third kappa shape index (κ3) is 1.96. The summed E-state index contributed by atoms with van der Waals surface area (Å²) in [5.41, 5.74) is 3.11. The van der Waals surface area contributed by atoms with Crippen molar-refractivity contribution in [3.05, 3.63) is 65.5 Å². The van der Waals surface area contributed by atoms with Gasteiger partial charge in [-0.3, -0.25) is 4.79 Å². The van der Waals surface area contributed by atoms with Crippen molar-refractivity contribution in [2.24, 2.45) is 17.8 Å². The summed E-state index contributed by atoms with van der Waals surface area (Å²) in [4.78, 5) is 13.1. The van der Waals surface area contributed by atoms with Crippen molar-refractivity contribution < 1.29 is 4.79 Å². The van der Waals surface area contributed by atoms with Crippen molar-refractivity contribution in [2.45, 2.75) is 26.2 Å². The fourth-order valence-electron chi connectivity index (χ4n) is 4.28. The molecule has 3 heteroatoms. The lowest BCUT2D eigenvalue weighted by molar-refractivity contribution is 0.0778. The van der Waals surface area contributed by atoms with Gasteiger partial charge in [-0.15, -0.1) is 0 Å². The highest BCUT2D eigenvalue weighted by molar-refractivity contribution is 5.83. The third-order valence-electron chi connectivity index (χ3n) is 5.15. The number of hydrogen-bond donors (Lipinski definition) is 0. The molecule has 4 rings (SSSR count). The Balaban J connectivity index is 1.74. The molecule has 2 aliphatic rings. The maximum atomic E-state index is 13.1. The number of benzene rings is 1. The van der Waals surface area contributed by atoms with Crippen LogP contribution in [0.25, 0.3) is 0 Å². The second-order valence-electron chi connectivity index (χ2n) is 6.59. The third-order valence-corrected chi connectivity index (χ3v) is 5.15. The summed E-state index contributed by atoms with van der Waals surface area (Å²) in [6, 6.07) is 12.4. The maximum Gasteiger partial charge on any atom is 0.251 e. The van der Waals surface area contributed by atoms with Gasteiger partial charge in [-0.25, -0.2) is 4.68 Å². The van der Waals surface area contributed by atoms with Crippen molar-refractivity contribution in [3.8, 4) is 0 Å². The van der Waals surface area contributed by atoms with Gasteiger partial charge in [0.1, 0.15) is 0 Å². The lowest BCUT2D eigenvalue weighted by Crippen LogP contribution is -2.31. The van der Waals surface area contributed by atoms with E-state index < -0.39 is 0 Å². The molecule has 0 amide bonds. The molecule has 2 aliphatic carbocycles. The molecular weight excluding hydrogens is 272 g/mol. The highest BCUT2D eigenvalue weighted by Crippen LogP contribution is 2.53. The molecule has 2 aromatic rings. The Morgan fingerprint density at radius 2 is 1.86 bits per heavy atom. The summed E-state index contributed by atoms with van der Waals surface area (Å²) in [6.45, 7) is 3.89. The number of aromatic nitrogens is 2. The van der Waals surface area contributed by atoms with Crippen LogP contribution in [0.15, 0.2) is 48.6 Å². The van der Waals surface area contributed by atoms with Crippen molar-refractivity contribution in [3.63, 3.8) is 0 Å². The van der Waals surface area contributed by atoms with Crippen LogP contribution in [0.4, 0.5) is 0 Å². The van der Waals surface area contributed by atoms with Gasteiger partial charge in [0.2, 0.25) is 0 Å². The van der Waals surface area contributed by atoms with Crippen LogP contribution in [-0.4, -0.2) is 15.7 Å². The van der Waals surface area contributed by atoms with Crippen molar-refractivity contribution >= 4 is 5.91 Å². The average molecular weight is 292 g/mol. The van der Waals surface area contributed by atoms with Crippen molar-refractivity contribution in [1.82, 2.24) is 9.78 Å². The van der Waals surface area contributed by atoms with Crippen molar-refractivity contribution in [2.75, 3.05) is 0 Å². The fraction of sp³-hybridized carbons (Fsp3) is 0.368. The normalized spacial score (nSPS) is 29.2. The van der Waals surface area contributed by atoms with Crippen LogP contribution in [0.1, 0.15) is 34.1 Å². The van der Waals surface area contributed by atoms with Crippen LogP contribution in [-0.2, 0) is 0 Å². The van der Waals surface area contributed by atoms with Gasteiger partial charge in [-0.05, 0) is 43.7 Å². The van der Waals surface area contributed by atoms with Gasteiger partial charge in [-0.1, -0.05) is 42.5 Å². The van der Waals surface area contributed by atoms with Crippen molar-refractivity contribution in [1.29, 1.82) is 0 Å². The SMILES string of the molecule is Cc1cc(C)n(C(=O)C2C3C=CC(C3)C2c2ccccc2)n1. The van der Waals surface area contributed by atoms with E-state index in [9.17, 15) is 4.79 Å². The molecule has 0 N–H and O–H groups in total. The number of carbonyl (C=O) groups excluding carboxylic acids is 1. The minimum Gasteiger partial charge on any atom is -0.272 e. The van der Waals surface area contributed by atoms with Gasteiger partial charge < -0.3 is 0 Å². The quantitative estimate of drug-likeness (QED) is 0.790. The maximum absolute atomic E-state index is 13.1. The smallest absolute Gasteiger partial charge is 0.251 e. The van der Waals surface area contributed by atoms with Crippen LogP contribution >= 0.6 is 0 Å². The van der Waals surface area contributed by atoms with E-state index in [1.807, 2.05) is 26.0 Å². The zero-order valence-electron chi connectivity index (χ0n) is 12.9. The summed E-state index contributed by atoms with van der Waals surface area (Å²) < 4.78 is 1.62. The van der Waals surface area contributed by atoms with E-state index in [2.05, 4.69) is 41.5 Å². The molecule has 0 aliphatic heterocycles. The summed E-state index contributed by atoms with van der Waals surface area (Å²) in [6.07, 6.45) is 5.63. The topological polar surface area (TPSA) is 34.9 Å². The first-order valence-electron chi connectivity index (χ1n) is 7.96. The minimum atomic E-state index is 0.00963. The molecule has 4 atom stereocenters. The molecule has 2 bridgehead atoms. The highest BCUT2D eigenvalue weighted by atomic mass is 16.2. The molecule has 1 aromatic carbocycles. The Morgan fingerprint density at radius 1 is 1.14 bits per heavy atom. The zero-order chi connectivity index (χ0) is 15.3. The van der Waals surface area contributed by atoms with Crippen LogP contribution < -0.4 is 0 Å². The molecule has 1 fully saturated rings. The molecule has 1 aromatic heterocycles. The molecule has 4 unspecified atom stereocenters. The molecule has 1 heterocycles. The van der Waals surface area contributed by atoms with E-state index in [1.165, 1.54) is 5.56 Å². The molecular formula is C19H20N2O. The van der Waals surface area contributed by atoms with Gasteiger partial charge in [0.25, 0.3) is 5.91 Å². The first-order valence-corrected chi connectivity index (χ1v) is 7.96. The zero-order valence-corrected chi connectivity index (χ0v) is 12.9. The van der Waals surface area contributed by atoms with Crippen LogP contribution in [0, 0.1) is 31.6 Å². The van der Waals surface area contributed by atoms with Gasteiger partial charge in [0.15, 0.2) is 0 Å². The molecule has 112 valence electrons. The lowest BCUT2D eigenvalue weighted by atomic mass is 9.78. The second-order valence-corrected chi connectivity index (χ2v) is 6.59. The molecule has 3 nitrogen and oxygen atoms in total. The molecule has 0 radical (unpaired) electrons. The molecule has 22 heavy (non-hydrogen) atoms. The van der Waals surface area contributed by atoms with E-state index in [4.69, 9.17) is 0 Å². The van der Waals surface area contributed by atoms with E-state index in [0.717, 1.165) is 17.8 Å². The number of carbonyl (C=O) groups is 1. The highest BCUT2D eigenvalue weighted by Gasteiger charge is 2.49. The summed E-state index contributed by atoms with van der Waals surface area (Å²) in [7, 11) is 0. The summed E-state index contributed by atoms with van der Waals surface area (Å²) in [5.74, 6) is 1.28. The van der Waals surface area contributed by atoms with Gasteiger partial charge in [-0.2, -0.15) is 5.10 Å². The predicted octanol–water partition coefficient (Wildman–Crippen LogP) is 3.75. The second kappa shape index (κ2) is 4.94. The standard InChI is InChI=1S/C19H20N2O/c1-12-10-13(2)21(20-12)19(22)18-16-9-8-15(11-16)17(18)14-6-4-3-5-7-14/h3-10,15-18H,11H2,1-2H3. The minimum absolute atomic E-state index is 0.00963. The lowest BCUT2D eigenvalue weighted by Gasteiger charge is -2.27. The van der Waals surface area contributed by atoms with Crippen LogP contribution in [0.2, 0.25) is 0 Å².